The molecule has 0 aromatic carbocycles. The van der Waals surface area contributed by atoms with E-state index in [1.165, 1.54) is 7.11 Å². The molecule has 0 radical (unpaired) electrons. The van der Waals surface area contributed by atoms with Crippen LogP contribution in [-0.2, 0) is 23.9 Å². The van der Waals surface area contributed by atoms with Gasteiger partial charge in [-0.05, 0) is 93.8 Å². The molecule has 7 heteroatoms. The Kier molecular flexibility index (Phi) is 8.05. The van der Waals surface area contributed by atoms with Gasteiger partial charge in [0.05, 0.1) is 12.7 Å². The molecule has 204 valence electrons. The number of allylic oxidation sites excluding steroid dienone is 1. The molecule has 0 aliphatic heterocycles. The van der Waals surface area contributed by atoms with Crippen molar-refractivity contribution in [2.45, 2.75) is 111 Å². The molecular weight excluding hydrogens is 460 g/mol. The molecule has 3 aliphatic rings. The first kappa shape index (κ1) is 28.7. The predicted molar refractivity (Wildman–Crippen MR) is 136 cm³/mol. The van der Waals surface area contributed by atoms with E-state index in [9.17, 15) is 19.5 Å². The molecule has 0 aromatic heterocycles. The second kappa shape index (κ2) is 10.1. The van der Waals surface area contributed by atoms with E-state index in [1.54, 1.807) is 6.08 Å². The van der Waals surface area contributed by atoms with Crippen LogP contribution in [0.4, 0.5) is 0 Å². The van der Waals surface area contributed by atoms with Crippen LogP contribution in [-0.4, -0.2) is 46.9 Å². The van der Waals surface area contributed by atoms with Gasteiger partial charge >= 0.3 is 17.9 Å². The molecule has 3 saturated carbocycles. The first-order valence-electron chi connectivity index (χ1n) is 13.5. The van der Waals surface area contributed by atoms with Crippen LogP contribution in [0.3, 0.4) is 0 Å². The fraction of sp³-hybridized carbons (Fsp3) is 0.828. The summed E-state index contributed by atoms with van der Waals surface area (Å²) in [5, 5.41) is 20.5. The van der Waals surface area contributed by atoms with Crippen molar-refractivity contribution < 1.29 is 34.1 Å². The van der Waals surface area contributed by atoms with E-state index in [0.29, 0.717) is 11.8 Å². The van der Waals surface area contributed by atoms with Crippen molar-refractivity contribution in [3.8, 4) is 0 Å². The minimum absolute atomic E-state index is 0.0395. The van der Waals surface area contributed by atoms with Crippen molar-refractivity contribution in [1.29, 1.82) is 0 Å². The van der Waals surface area contributed by atoms with Crippen LogP contribution < -0.4 is 0 Å². The molecule has 0 aromatic rings. The number of hydrogen-bond acceptors (Lipinski definition) is 6. The normalized spacial score (nSPS) is 39.9. The zero-order valence-corrected chi connectivity index (χ0v) is 23.2. The average Bonchev–Trinajstić information content (AvgIpc) is 2.73. The maximum atomic E-state index is 12.2. The molecule has 0 amide bonds. The van der Waals surface area contributed by atoms with E-state index >= 15 is 0 Å². The third-order valence-corrected chi connectivity index (χ3v) is 10.5. The highest BCUT2D eigenvalue weighted by molar-refractivity contribution is 5.90. The number of fused-ring (bicyclic) bond motifs is 3. The van der Waals surface area contributed by atoms with E-state index in [0.717, 1.165) is 56.9 Å². The van der Waals surface area contributed by atoms with Gasteiger partial charge in [-0.15, -0.1) is 0 Å². The molecule has 3 rings (SSSR count). The van der Waals surface area contributed by atoms with Gasteiger partial charge in [0.15, 0.2) is 0 Å². The molecule has 2 unspecified atom stereocenters. The van der Waals surface area contributed by atoms with Gasteiger partial charge in [-0.25, -0.2) is 4.79 Å². The number of aliphatic carboxylic acids is 1. The minimum atomic E-state index is -1.16. The highest BCUT2D eigenvalue weighted by Gasteiger charge is 2.65. The van der Waals surface area contributed by atoms with Crippen LogP contribution in [0, 0.1) is 34.0 Å². The van der Waals surface area contributed by atoms with Gasteiger partial charge in [0.2, 0.25) is 0 Å². The van der Waals surface area contributed by atoms with Gasteiger partial charge < -0.3 is 19.7 Å². The number of carbonyl (C=O) groups is 3. The van der Waals surface area contributed by atoms with Crippen molar-refractivity contribution in [1.82, 2.24) is 0 Å². The molecule has 2 N–H and O–H groups in total. The SMILES string of the molecule is COC(=O)C=C(C)CC[C@@H]1[C@@](C)(O)CCC2[C@@]3(C)CC[C@@H](OC(=O)CC(=O)O)C(C)(C)C3CC[C@]21C. The van der Waals surface area contributed by atoms with Crippen molar-refractivity contribution in [3.05, 3.63) is 11.6 Å². The summed E-state index contributed by atoms with van der Waals surface area (Å²) in [6, 6.07) is 0. The molecule has 0 bridgehead atoms. The monoisotopic (exact) mass is 506 g/mol. The van der Waals surface area contributed by atoms with Crippen molar-refractivity contribution in [3.63, 3.8) is 0 Å². The molecule has 0 heterocycles. The summed E-state index contributed by atoms with van der Waals surface area (Å²) in [4.78, 5) is 34.9. The van der Waals surface area contributed by atoms with Gasteiger partial charge in [0.1, 0.15) is 12.5 Å². The van der Waals surface area contributed by atoms with Crippen molar-refractivity contribution in [2.75, 3.05) is 7.11 Å². The Morgan fingerprint density at radius 3 is 2.17 bits per heavy atom. The third-order valence-electron chi connectivity index (χ3n) is 10.5. The molecule has 3 aliphatic carbocycles. The number of carboxylic acid groups (broad SMARTS) is 1. The van der Waals surface area contributed by atoms with Gasteiger partial charge in [-0.3, -0.25) is 9.59 Å². The lowest BCUT2D eigenvalue weighted by atomic mass is 9.37. The molecule has 3 fully saturated rings. The Bertz CT molecular complexity index is 903. The Balaban J connectivity index is 1.85. The van der Waals surface area contributed by atoms with E-state index in [4.69, 9.17) is 14.6 Å². The van der Waals surface area contributed by atoms with Gasteiger partial charge in [-0.1, -0.05) is 33.3 Å². The largest absolute Gasteiger partial charge is 0.481 e. The number of carbonyl (C=O) groups excluding carboxylic acids is 2. The number of hydrogen-bond donors (Lipinski definition) is 2. The maximum absolute atomic E-state index is 12.2. The highest BCUT2D eigenvalue weighted by atomic mass is 16.5. The molecule has 0 spiro atoms. The smallest absolute Gasteiger partial charge is 0.330 e. The van der Waals surface area contributed by atoms with Crippen LogP contribution in [0.25, 0.3) is 0 Å². The van der Waals surface area contributed by atoms with Gasteiger partial charge in [-0.2, -0.15) is 0 Å². The topological polar surface area (TPSA) is 110 Å². The van der Waals surface area contributed by atoms with E-state index in [1.807, 2.05) is 13.8 Å². The van der Waals surface area contributed by atoms with Crippen molar-refractivity contribution >= 4 is 17.9 Å². The lowest BCUT2D eigenvalue weighted by Crippen LogP contribution is -2.64. The first-order chi connectivity index (χ1) is 16.6. The zero-order valence-electron chi connectivity index (χ0n) is 23.2. The lowest BCUT2D eigenvalue weighted by molar-refractivity contribution is -0.231. The minimum Gasteiger partial charge on any atom is -0.481 e. The number of aliphatic hydroxyl groups is 1. The summed E-state index contributed by atoms with van der Waals surface area (Å²) < 4.78 is 10.5. The second-order valence-corrected chi connectivity index (χ2v) is 13.1. The quantitative estimate of drug-likeness (QED) is 0.274. The van der Waals surface area contributed by atoms with Gasteiger partial charge in [0.25, 0.3) is 0 Å². The fourth-order valence-corrected chi connectivity index (χ4v) is 8.84. The van der Waals surface area contributed by atoms with E-state index in [2.05, 4.69) is 27.7 Å². The van der Waals surface area contributed by atoms with E-state index < -0.39 is 24.0 Å². The van der Waals surface area contributed by atoms with Crippen LogP contribution in [0.2, 0.25) is 0 Å². The number of esters is 2. The summed E-state index contributed by atoms with van der Waals surface area (Å²) in [5.74, 6) is -1.30. The number of rotatable bonds is 7. The van der Waals surface area contributed by atoms with Crippen LogP contribution in [0.1, 0.15) is 99.3 Å². The summed E-state index contributed by atoms with van der Waals surface area (Å²) in [6.45, 7) is 13.0. The van der Waals surface area contributed by atoms with Crippen LogP contribution in [0.5, 0.6) is 0 Å². The first-order valence-corrected chi connectivity index (χ1v) is 13.5. The number of methoxy groups -OCH3 is 1. The third kappa shape index (κ3) is 5.23. The van der Waals surface area contributed by atoms with Gasteiger partial charge in [0, 0.05) is 11.5 Å². The number of ether oxygens (including phenoxy) is 2. The zero-order chi connectivity index (χ0) is 27.1. The second-order valence-electron chi connectivity index (χ2n) is 13.1. The fourth-order valence-electron chi connectivity index (χ4n) is 8.84. The summed E-state index contributed by atoms with van der Waals surface area (Å²) in [5.41, 5.74) is -0.0658. The van der Waals surface area contributed by atoms with E-state index in [-0.39, 0.29) is 34.2 Å². The van der Waals surface area contributed by atoms with Crippen molar-refractivity contribution in [2.24, 2.45) is 34.0 Å². The number of carboxylic acids is 1. The van der Waals surface area contributed by atoms with Crippen LogP contribution >= 0.6 is 0 Å². The van der Waals surface area contributed by atoms with Crippen LogP contribution in [0.15, 0.2) is 11.6 Å². The Morgan fingerprint density at radius 1 is 0.944 bits per heavy atom. The standard InChI is InChI=1S/C29H46O7/c1-18(16-24(32)35-7)8-9-21-28(5)13-10-19-26(2,3)22(36-25(33)17-23(30)31)12-14-27(19,4)20(28)11-15-29(21,6)34/h16,19-22,34H,8-15,17H2,1-7H3,(H,30,31)/t19?,20?,21-,22+,27-,28+,29-/m0/s1. The molecular formula is C29H46O7. The molecule has 7 atom stereocenters. The Labute approximate surface area is 216 Å². The molecule has 36 heavy (non-hydrogen) atoms. The average molecular weight is 507 g/mol. The Hall–Kier alpha value is -1.89. The lowest BCUT2D eigenvalue weighted by Gasteiger charge is -2.68. The molecule has 0 saturated heterocycles. The highest BCUT2D eigenvalue weighted by Crippen LogP contribution is 2.70. The molecule has 7 nitrogen and oxygen atoms in total. The maximum Gasteiger partial charge on any atom is 0.330 e. The Morgan fingerprint density at radius 2 is 1.56 bits per heavy atom. The predicted octanol–water partition coefficient (Wildman–Crippen LogP) is 5.29. The summed E-state index contributed by atoms with van der Waals surface area (Å²) in [7, 11) is 1.38. The summed E-state index contributed by atoms with van der Waals surface area (Å²) >= 11 is 0. The summed E-state index contributed by atoms with van der Waals surface area (Å²) in [6.07, 6.45) is 7.53.